The van der Waals surface area contributed by atoms with Gasteiger partial charge in [0.25, 0.3) is 0 Å². The molecule has 10 aromatic carbocycles. The summed E-state index contributed by atoms with van der Waals surface area (Å²) in [5.41, 5.74) is 21.5. The van der Waals surface area contributed by atoms with Gasteiger partial charge in [0.05, 0.1) is 27.8 Å². The number of anilines is 3. The zero-order chi connectivity index (χ0) is 49.4. The predicted octanol–water partition coefficient (Wildman–Crippen LogP) is 16.9. The Morgan fingerprint density at radius 3 is 1.66 bits per heavy atom. The third kappa shape index (κ3) is 6.37. The number of para-hydroxylation sites is 5. The predicted molar refractivity (Wildman–Crippen MR) is 315 cm³/mol. The topological polar surface area (TPSA) is 26.2 Å². The van der Waals surface area contributed by atoms with Crippen LogP contribution in [0.1, 0.15) is 51.7 Å². The second kappa shape index (κ2) is 16.4. The van der Waals surface area contributed by atoms with E-state index in [4.69, 9.17) is 4.42 Å². The van der Waals surface area contributed by atoms with Crippen molar-refractivity contribution in [3.63, 3.8) is 0 Å². The van der Waals surface area contributed by atoms with Crippen LogP contribution in [-0.4, -0.2) is 15.8 Å². The van der Waals surface area contributed by atoms with Gasteiger partial charge in [0.15, 0.2) is 0 Å². The van der Waals surface area contributed by atoms with Crippen LogP contribution in [0.2, 0.25) is 0 Å². The highest BCUT2D eigenvalue weighted by atomic mass is 32.2. The second-order valence-electron chi connectivity index (χ2n) is 21.4. The molecule has 0 saturated heterocycles. The summed E-state index contributed by atoms with van der Waals surface area (Å²) in [6.45, 7) is 9.38. The molecule has 74 heavy (non-hydrogen) atoms. The molecule has 0 saturated carbocycles. The standard InChI is InChI=1S/C68H52BN3OS/c1-5-6-22-51-66(52(42-20-8-7-9-21-42)41-53-50-27-14-19-32-62(50)73-67(51)53)72-60-39-44(70-56-28-15-10-23-46(56)47-24-11-16-29-57(47)70)33-35-54(60)69-55-36-34-45(71-58-30-17-12-25-48(58)49-26-13-18-31-59(49)71)40-63(55)74-64-38-43(68(2,3)4)37-61(72)65(64)69/h7-21,23-41H,5-6,22H2,1-4H3. The molecule has 0 bridgehead atoms. The second-order valence-corrected chi connectivity index (χ2v) is 22.5. The van der Waals surface area contributed by atoms with Crippen molar-refractivity contribution in [1.82, 2.24) is 9.13 Å². The van der Waals surface area contributed by atoms with E-state index >= 15 is 0 Å². The van der Waals surface area contributed by atoms with E-state index in [1.54, 1.807) is 0 Å². The molecule has 6 heteroatoms. The normalized spacial score (nSPS) is 13.2. The van der Waals surface area contributed by atoms with Gasteiger partial charge in [-0.05, 0) is 113 Å². The summed E-state index contributed by atoms with van der Waals surface area (Å²) in [6.07, 6.45) is 2.96. The van der Waals surface area contributed by atoms with Crippen molar-refractivity contribution < 1.29 is 4.42 Å². The molecule has 0 aliphatic carbocycles. The van der Waals surface area contributed by atoms with E-state index in [-0.39, 0.29) is 12.1 Å². The Hall–Kier alpha value is -8.19. The summed E-state index contributed by atoms with van der Waals surface area (Å²) in [5, 5.41) is 7.36. The molecule has 4 nitrogen and oxygen atoms in total. The fourth-order valence-electron chi connectivity index (χ4n) is 12.7. The minimum atomic E-state index is -0.139. The van der Waals surface area contributed by atoms with Gasteiger partial charge in [-0.1, -0.05) is 185 Å². The molecular formula is C68H52BN3OS. The molecule has 5 heterocycles. The van der Waals surface area contributed by atoms with Gasteiger partial charge in [0.1, 0.15) is 11.2 Å². The van der Waals surface area contributed by atoms with Crippen LogP contribution in [0.25, 0.3) is 88.1 Å². The highest BCUT2D eigenvalue weighted by molar-refractivity contribution is 8.00. The van der Waals surface area contributed by atoms with Crippen molar-refractivity contribution in [3.8, 4) is 22.5 Å². The highest BCUT2D eigenvalue weighted by Crippen LogP contribution is 2.52. The minimum Gasteiger partial charge on any atom is -0.456 e. The zero-order valence-corrected chi connectivity index (χ0v) is 42.8. The van der Waals surface area contributed by atoms with Crippen LogP contribution in [0.4, 0.5) is 17.1 Å². The summed E-state index contributed by atoms with van der Waals surface area (Å²) in [4.78, 5) is 5.30. The summed E-state index contributed by atoms with van der Waals surface area (Å²) < 4.78 is 12.1. The molecule has 0 radical (unpaired) electrons. The van der Waals surface area contributed by atoms with Crippen LogP contribution in [0.3, 0.4) is 0 Å². The molecule has 3 aromatic heterocycles. The Balaban J connectivity index is 1.06. The zero-order valence-electron chi connectivity index (χ0n) is 42.0. The van der Waals surface area contributed by atoms with Crippen molar-refractivity contribution in [1.29, 1.82) is 0 Å². The lowest BCUT2D eigenvalue weighted by molar-refractivity contribution is 0.589. The fourth-order valence-corrected chi connectivity index (χ4v) is 13.9. The van der Waals surface area contributed by atoms with Crippen LogP contribution < -0.4 is 21.3 Å². The van der Waals surface area contributed by atoms with Gasteiger partial charge in [-0.15, -0.1) is 0 Å². The first kappa shape index (κ1) is 43.4. The van der Waals surface area contributed by atoms with Crippen molar-refractivity contribution in [3.05, 3.63) is 217 Å². The van der Waals surface area contributed by atoms with Gasteiger partial charge in [-0.2, -0.15) is 0 Å². The van der Waals surface area contributed by atoms with Gasteiger partial charge in [0.2, 0.25) is 6.71 Å². The Morgan fingerprint density at radius 1 is 0.500 bits per heavy atom. The lowest BCUT2D eigenvalue weighted by Gasteiger charge is -2.43. The lowest BCUT2D eigenvalue weighted by Crippen LogP contribution is -2.60. The number of fused-ring (bicyclic) bond motifs is 13. The highest BCUT2D eigenvalue weighted by Gasteiger charge is 2.43. The minimum absolute atomic E-state index is 0.0230. The molecule has 0 atom stereocenters. The molecule has 2 aliphatic rings. The van der Waals surface area contributed by atoms with Gasteiger partial charge >= 0.3 is 0 Å². The number of hydrogen-bond donors (Lipinski definition) is 0. The molecule has 13 aromatic rings. The van der Waals surface area contributed by atoms with E-state index < -0.39 is 0 Å². The smallest absolute Gasteiger partial charge is 0.249 e. The number of aryl methyl sites for hydroxylation is 1. The molecule has 15 rings (SSSR count). The van der Waals surface area contributed by atoms with E-state index in [1.807, 2.05) is 11.8 Å². The molecule has 2 aliphatic heterocycles. The average Bonchev–Trinajstić information content (AvgIpc) is 4.10. The number of benzene rings is 10. The first-order chi connectivity index (χ1) is 36.3. The Kier molecular flexibility index (Phi) is 9.63. The van der Waals surface area contributed by atoms with Crippen LogP contribution in [0.5, 0.6) is 0 Å². The largest absolute Gasteiger partial charge is 0.456 e. The Bertz CT molecular complexity index is 4350. The fraction of sp³-hybridized carbons (Fsp3) is 0.118. The number of unbranched alkanes of at least 4 members (excludes halogenated alkanes) is 1. The van der Waals surface area contributed by atoms with Crippen molar-refractivity contribution >= 4 is 117 Å². The summed E-state index contributed by atoms with van der Waals surface area (Å²) in [5.74, 6) is 0. The van der Waals surface area contributed by atoms with Gasteiger partial charge in [-0.25, -0.2) is 0 Å². The SMILES string of the molecule is CCCCc1c(N2c3cc(-n4c5ccccc5c5ccccc54)ccc3B3c4ccc(-n5c6ccccc6c6ccccc65)cc4Sc4cc(C(C)(C)C)cc2c43)c(-c2ccccc2)cc2c1oc1ccccc12. The first-order valence-electron chi connectivity index (χ1n) is 26.3. The van der Waals surface area contributed by atoms with Crippen molar-refractivity contribution in [2.24, 2.45) is 0 Å². The quantitative estimate of drug-likeness (QED) is 0.149. The number of hydrogen-bond acceptors (Lipinski definition) is 3. The number of aromatic nitrogens is 2. The monoisotopic (exact) mass is 969 g/mol. The molecular weight excluding hydrogens is 918 g/mol. The summed E-state index contributed by atoms with van der Waals surface area (Å²) in [6, 6.07) is 77.3. The van der Waals surface area contributed by atoms with Gasteiger partial charge < -0.3 is 18.5 Å². The third-order valence-corrected chi connectivity index (χ3v) is 17.2. The van der Waals surface area contributed by atoms with Crippen LogP contribution in [0, 0.1) is 0 Å². The molecule has 0 amide bonds. The Labute approximate surface area is 435 Å². The number of nitrogens with zero attached hydrogens (tertiary/aromatic N) is 3. The van der Waals surface area contributed by atoms with Gasteiger partial charge in [0, 0.05) is 76.0 Å². The summed E-state index contributed by atoms with van der Waals surface area (Å²) in [7, 11) is 0. The molecule has 0 N–H and O–H groups in total. The van der Waals surface area contributed by atoms with Crippen LogP contribution >= 0.6 is 11.8 Å². The van der Waals surface area contributed by atoms with Crippen LogP contribution in [-0.2, 0) is 11.8 Å². The first-order valence-corrected chi connectivity index (χ1v) is 27.1. The van der Waals surface area contributed by atoms with Crippen molar-refractivity contribution in [2.75, 3.05) is 4.90 Å². The molecule has 0 fully saturated rings. The Morgan fingerprint density at radius 2 is 1.05 bits per heavy atom. The van der Waals surface area contributed by atoms with E-state index in [1.165, 1.54) is 115 Å². The van der Waals surface area contributed by atoms with Crippen LogP contribution in [0.15, 0.2) is 220 Å². The molecule has 0 unspecified atom stereocenters. The third-order valence-electron chi connectivity index (χ3n) is 16.1. The van der Waals surface area contributed by atoms with E-state index in [0.29, 0.717) is 0 Å². The summed E-state index contributed by atoms with van der Waals surface area (Å²) >= 11 is 1.94. The number of furan rings is 1. The van der Waals surface area contributed by atoms with E-state index in [0.717, 1.165) is 46.9 Å². The maximum Gasteiger partial charge on any atom is 0.249 e. The lowest BCUT2D eigenvalue weighted by atomic mass is 9.34. The van der Waals surface area contributed by atoms with E-state index in [2.05, 4.69) is 248 Å². The van der Waals surface area contributed by atoms with E-state index in [9.17, 15) is 0 Å². The molecule has 354 valence electrons. The average molecular weight is 970 g/mol. The van der Waals surface area contributed by atoms with Crippen molar-refractivity contribution in [2.45, 2.75) is 62.2 Å². The van der Waals surface area contributed by atoms with Gasteiger partial charge in [-0.3, -0.25) is 0 Å². The number of rotatable bonds is 7. The maximum atomic E-state index is 7.12. The molecule has 0 spiro atoms. The maximum absolute atomic E-state index is 7.12.